The number of nitrogens with two attached hydrogens (primary N) is 1. The predicted octanol–water partition coefficient (Wildman–Crippen LogP) is 2.10. The number of carbonyl (C=O) groups is 1. The van der Waals surface area contributed by atoms with Crippen LogP contribution in [0.3, 0.4) is 0 Å². The summed E-state index contributed by atoms with van der Waals surface area (Å²) in [6.07, 6.45) is 3.08. The zero-order valence-electron chi connectivity index (χ0n) is 8.97. The number of hydrogen-bond acceptors (Lipinski definition) is 5. The first kappa shape index (κ1) is 11.4. The van der Waals surface area contributed by atoms with Gasteiger partial charge in [0, 0.05) is 11.9 Å². The number of thiazole rings is 1. The first-order chi connectivity index (χ1) is 8.20. The number of amides is 1. The predicted molar refractivity (Wildman–Crippen MR) is 67.0 cm³/mol. The van der Waals surface area contributed by atoms with Crippen LogP contribution >= 0.6 is 11.3 Å². The Hall–Kier alpha value is -2.08. The van der Waals surface area contributed by atoms with Crippen molar-refractivity contribution in [2.45, 2.75) is 0 Å². The number of anilines is 1. The third kappa shape index (κ3) is 2.54. The third-order valence-electron chi connectivity index (χ3n) is 2.04. The summed E-state index contributed by atoms with van der Waals surface area (Å²) in [5, 5.41) is 5.69. The highest BCUT2D eigenvalue weighted by Crippen LogP contribution is 2.26. The molecule has 2 rings (SSSR count). The van der Waals surface area contributed by atoms with E-state index in [9.17, 15) is 4.79 Å². The first-order valence-electron chi connectivity index (χ1n) is 4.89. The van der Waals surface area contributed by atoms with E-state index < -0.39 is 5.91 Å². The Balaban J connectivity index is 2.18. The summed E-state index contributed by atoms with van der Waals surface area (Å²) in [6, 6.07) is 1.58. The minimum atomic E-state index is -0.514. The first-order valence-corrected chi connectivity index (χ1v) is 5.77. The molecule has 0 unspecified atom stereocenters. The van der Waals surface area contributed by atoms with Crippen molar-refractivity contribution >= 4 is 22.4 Å². The fourth-order valence-corrected chi connectivity index (χ4v) is 1.94. The van der Waals surface area contributed by atoms with Gasteiger partial charge in [0.05, 0.1) is 5.56 Å². The molecule has 6 heteroatoms. The van der Waals surface area contributed by atoms with Gasteiger partial charge in [0.2, 0.25) is 0 Å². The monoisotopic (exact) mass is 249 g/mol. The SMILES string of the molecule is C=CCNc1nc(-c2cc(C(N)=O)co2)cs1. The largest absolute Gasteiger partial charge is 0.462 e. The number of rotatable bonds is 5. The normalized spacial score (nSPS) is 10.1. The van der Waals surface area contributed by atoms with E-state index in [1.54, 1.807) is 12.1 Å². The molecule has 2 aromatic rings. The lowest BCUT2D eigenvalue weighted by Crippen LogP contribution is -2.09. The summed E-state index contributed by atoms with van der Waals surface area (Å²) in [7, 11) is 0. The fraction of sp³-hybridized carbons (Fsp3) is 0.0909. The molecular formula is C11H11N3O2S. The molecule has 0 aromatic carbocycles. The van der Waals surface area contributed by atoms with Gasteiger partial charge in [0.15, 0.2) is 10.9 Å². The van der Waals surface area contributed by atoms with Crippen molar-refractivity contribution in [1.29, 1.82) is 0 Å². The van der Waals surface area contributed by atoms with Gasteiger partial charge in [-0.1, -0.05) is 6.08 Å². The smallest absolute Gasteiger partial charge is 0.251 e. The van der Waals surface area contributed by atoms with Crippen LogP contribution in [0.25, 0.3) is 11.5 Å². The molecule has 1 amide bonds. The van der Waals surface area contributed by atoms with Crippen LogP contribution in [-0.4, -0.2) is 17.4 Å². The van der Waals surface area contributed by atoms with E-state index in [1.165, 1.54) is 17.6 Å². The van der Waals surface area contributed by atoms with Gasteiger partial charge < -0.3 is 15.5 Å². The van der Waals surface area contributed by atoms with Crippen LogP contribution in [0.5, 0.6) is 0 Å². The summed E-state index contributed by atoms with van der Waals surface area (Å²) in [5.74, 6) is 0.0157. The second-order valence-electron chi connectivity index (χ2n) is 3.27. The van der Waals surface area contributed by atoms with Crippen molar-refractivity contribution in [1.82, 2.24) is 4.98 Å². The molecule has 0 saturated heterocycles. The maximum absolute atomic E-state index is 10.9. The maximum Gasteiger partial charge on any atom is 0.251 e. The number of aromatic nitrogens is 1. The zero-order chi connectivity index (χ0) is 12.3. The lowest BCUT2D eigenvalue weighted by Gasteiger charge is -1.94. The van der Waals surface area contributed by atoms with Crippen molar-refractivity contribution in [2.24, 2.45) is 5.73 Å². The summed E-state index contributed by atoms with van der Waals surface area (Å²) in [4.78, 5) is 15.2. The lowest BCUT2D eigenvalue weighted by molar-refractivity contribution is 0.0999. The average Bonchev–Trinajstić information content (AvgIpc) is 2.94. The van der Waals surface area contributed by atoms with Gasteiger partial charge in [-0.25, -0.2) is 4.98 Å². The Labute approximate surface area is 102 Å². The molecule has 0 radical (unpaired) electrons. The van der Waals surface area contributed by atoms with Crippen molar-refractivity contribution in [3.05, 3.63) is 35.9 Å². The zero-order valence-corrected chi connectivity index (χ0v) is 9.79. The Morgan fingerprint density at radius 2 is 2.53 bits per heavy atom. The Morgan fingerprint density at radius 1 is 1.71 bits per heavy atom. The molecule has 2 aromatic heterocycles. The number of carbonyl (C=O) groups excluding carboxylic acids is 1. The molecule has 3 N–H and O–H groups in total. The van der Waals surface area contributed by atoms with Crippen molar-refractivity contribution in [2.75, 3.05) is 11.9 Å². The standard InChI is InChI=1S/C11H11N3O2S/c1-2-3-13-11-14-8(6-17-11)9-4-7(5-16-9)10(12)15/h2,4-6H,1,3H2,(H2,12,15)(H,13,14). The average molecular weight is 249 g/mol. The van der Waals surface area contributed by atoms with E-state index in [1.807, 2.05) is 5.38 Å². The van der Waals surface area contributed by atoms with E-state index in [4.69, 9.17) is 10.2 Å². The van der Waals surface area contributed by atoms with Crippen molar-refractivity contribution in [3.63, 3.8) is 0 Å². The third-order valence-corrected chi connectivity index (χ3v) is 2.84. The van der Waals surface area contributed by atoms with E-state index in [0.717, 1.165) is 5.13 Å². The number of primary amides is 1. The van der Waals surface area contributed by atoms with Crippen LogP contribution in [0.2, 0.25) is 0 Å². The van der Waals surface area contributed by atoms with Crippen LogP contribution in [0, 0.1) is 0 Å². The summed E-state index contributed by atoms with van der Waals surface area (Å²) < 4.78 is 5.23. The van der Waals surface area contributed by atoms with Crippen LogP contribution in [0.1, 0.15) is 10.4 Å². The fourth-order valence-electron chi connectivity index (χ4n) is 1.23. The van der Waals surface area contributed by atoms with E-state index >= 15 is 0 Å². The topological polar surface area (TPSA) is 81.1 Å². The number of hydrogen-bond donors (Lipinski definition) is 2. The molecule has 17 heavy (non-hydrogen) atoms. The molecule has 2 heterocycles. The molecule has 0 aliphatic carbocycles. The second-order valence-corrected chi connectivity index (χ2v) is 4.13. The van der Waals surface area contributed by atoms with Gasteiger partial charge in [-0.2, -0.15) is 0 Å². The lowest BCUT2D eigenvalue weighted by atomic mass is 10.3. The Kier molecular flexibility index (Phi) is 3.24. The second kappa shape index (κ2) is 4.84. The molecular weight excluding hydrogens is 238 g/mol. The molecule has 0 spiro atoms. The van der Waals surface area contributed by atoms with Crippen LogP contribution < -0.4 is 11.1 Å². The van der Waals surface area contributed by atoms with Gasteiger partial charge in [0.25, 0.3) is 5.91 Å². The molecule has 0 atom stereocenters. The van der Waals surface area contributed by atoms with Gasteiger partial charge in [-0.15, -0.1) is 17.9 Å². The summed E-state index contributed by atoms with van der Waals surface area (Å²) in [6.45, 7) is 4.26. The Morgan fingerprint density at radius 3 is 3.18 bits per heavy atom. The molecule has 0 bridgehead atoms. The highest BCUT2D eigenvalue weighted by atomic mass is 32.1. The van der Waals surface area contributed by atoms with Crippen LogP contribution in [0.15, 0.2) is 34.8 Å². The van der Waals surface area contributed by atoms with Gasteiger partial charge in [-0.05, 0) is 6.07 Å². The van der Waals surface area contributed by atoms with Crippen molar-refractivity contribution < 1.29 is 9.21 Å². The summed E-state index contributed by atoms with van der Waals surface area (Å²) >= 11 is 1.46. The van der Waals surface area contributed by atoms with Crippen molar-refractivity contribution in [3.8, 4) is 11.5 Å². The van der Waals surface area contributed by atoms with E-state index in [2.05, 4.69) is 16.9 Å². The Bertz CT molecular complexity index is 544. The number of nitrogens with one attached hydrogen (secondary N) is 1. The van der Waals surface area contributed by atoms with Gasteiger partial charge in [0.1, 0.15) is 12.0 Å². The van der Waals surface area contributed by atoms with Gasteiger partial charge in [-0.3, -0.25) is 4.79 Å². The molecule has 0 saturated carbocycles. The van der Waals surface area contributed by atoms with Crippen LogP contribution in [-0.2, 0) is 0 Å². The highest BCUT2D eigenvalue weighted by molar-refractivity contribution is 7.14. The molecule has 88 valence electrons. The quantitative estimate of drug-likeness (QED) is 0.795. The molecule has 5 nitrogen and oxygen atoms in total. The summed E-state index contributed by atoms with van der Waals surface area (Å²) in [5.41, 5.74) is 6.15. The van der Waals surface area contributed by atoms with E-state index in [-0.39, 0.29) is 0 Å². The number of nitrogens with zero attached hydrogens (tertiary/aromatic N) is 1. The number of furan rings is 1. The minimum absolute atomic E-state index is 0.341. The molecule has 0 fully saturated rings. The molecule has 0 aliphatic heterocycles. The molecule has 0 aliphatic rings. The van der Waals surface area contributed by atoms with E-state index in [0.29, 0.717) is 23.6 Å². The minimum Gasteiger partial charge on any atom is -0.462 e. The highest BCUT2D eigenvalue weighted by Gasteiger charge is 2.11. The van der Waals surface area contributed by atoms with Gasteiger partial charge >= 0.3 is 0 Å². The van der Waals surface area contributed by atoms with Crippen LogP contribution in [0.4, 0.5) is 5.13 Å². The maximum atomic E-state index is 10.9.